The summed E-state index contributed by atoms with van der Waals surface area (Å²) in [7, 11) is 0. The quantitative estimate of drug-likeness (QED) is 0.0410. The highest BCUT2D eigenvalue weighted by molar-refractivity contribution is 5.66. The molecule has 0 aliphatic heterocycles. The average Bonchev–Trinajstić information content (AvgIpc) is 3.73. The van der Waals surface area contributed by atoms with Crippen LogP contribution in [0.5, 0.6) is 0 Å². The van der Waals surface area contributed by atoms with E-state index in [1.807, 2.05) is 18.2 Å². The molecule has 0 unspecified atom stereocenters. The molecule has 7 heteroatoms. The fraction of sp³-hybridized carbons (Fsp3) is 0.729. The molecule has 0 bridgehead atoms. The molecule has 0 saturated heterocycles. The number of nitrogens with zero attached hydrogens (tertiary/aromatic N) is 2. The second-order valence-electron chi connectivity index (χ2n) is 15.2. The standard InChI is InChI=1S/C21H44N2.C18H34O2.C9H9N3/c1-2-3-4-5-6-7-8-9-10-11-12-13-14-15-16-17-20-23-21-18-19-22;1-2-3-4-5-6-7-8-9-10-11-12-13-14-15-16-17-18(19)20;1-7-4-2-3-5-8(7)9-6-10-12-11-9/h9-10,23H,2-8,11-22H2,1H3;9-10H,2-8,11-17H2,1H3,(H,19,20);2-6H,1H3,(H,10,11,12)/b2*10-9-;. The molecule has 7 nitrogen and oxygen atoms in total. The molecule has 0 radical (unpaired) electrons. The molecule has 5 N–H and O–H groups in total. The Balaban J connectivity index is 0.000000828. The third-order valence-electron chi connectivity index (χ3n) is 9.91. The van der Waals surface area contributed by atoms with Gasteiger partial charge in [0.25, 0.3) is 0 Å². The molecule has 2 rings (SSSR count). The van der Waals surface area contributed by atoms with E-state index >= 15 is 0 Å². The zero-order chi connectivity index (χ0) is 40.1. The Morgan fingerprint density at radius 2 is 1.07 bits per heavy atom. The van der Waals surface area contributed by atoms with Crippen LogP contribution in [0, 0.1) is 6.92 Å². The molecule has 0 aliphatic carbocycles. The van der Waals surface area contributed by atoms with Crippen molar-refractivity contribution in [3.63, 3.8) is 0 Å². The summed E-state index contributed by atoms with van der Waals surface area (Å²) in [5, 5.41) is 22.3. The van der Waals surface area contributed by atoms with Gasteiger partial charge in [-0.05, 0) is 103 Å². The molecular formula is C48H87N5O2. The molecule has 0 aliphatic rings. The van der Waals surface area contributed by atoms with Crippen molar-refractivity contribution in [2.75, 3.05) is 19.6 Å². The zero-order valence-corrected chi connectivity index (χ0v) is 36.2. The third kappa shape index (κ3) is 39.3. The van der Waals surface area contributed by atoms with Crippen LogP contribution >= 0.6 is 0 Å². The normalized spacial score (nSPS) is 11.1. The number of unbranched alkanes of at least 4 members (excludes halogenated alkanes) is 23. The minimum atomic E-state index is -0.664. The number of rotatable bonds is 35. The van der Waals surface area contributed by atoms with Crippen molar-refractivity contribution in [2.24, 2.45) is 5.73 Å². The first-order chi connectivity index (χ1) is 27.1. The third-order valence-corrected chi connectivity index (χ3v) is 9.91. The SMILES string of the molecule is CCCCCCCC/C=C\CCCCCCCC(=O)O.CCCCCCCC/C=C\CCCCCCCCNCCCN.Cc1ccccc1-c1cn[nH]n1. The van der Waals surface area contributed by atoms with E-state index in [0.29, 0.717) is 6.42 Å². The number of carboxylic acids is 1. The zero-order valence-electron chi connectivity index (χ0n) is 36.2. The Labute approximate surface area is 339 Å². The van der Waals surface area contributed by atoms with Crippen LogP contribution in [0.3, 0.4) is 0 Å². The summed E-state index contributed by atoms with van der Waals surface area (Å²) in [6, 6.07) is 8.10. The van der Waals surface area contributed by atoms with Gasteiger partial charge in [0.05, 0.1) is 6.20 Å². The lowest BCUT2D eigenvalue weighted by Gasteiger charge is -2.03. The second-order valence-corrected chi connectivity index (χ2v) is 15.2. The van der Waals surface area contributed by atoms with Gasteiger partial charge in [0.15, 0.2) is 0 Å². The van der Waals surface area contributed by atoms with E-state index in [1.165, 1.54) is 173 Å². The molecule has 0 atom stereocenters. The molecule has 1 aromatic heterocycles. The summed E-state index contributed by atoms with van der Waals surface area (Å²) < 4.78 is 0. The molecule has 0 spiro atoms. The Morgan fingerprint density at radius 1 is 0.636 bits per heavy atom. The summed E-state index contributed by atoms with van der Waals surface area (Å²) in [4.78, 5) is 10.3. The molecular weight excluding hydrogens is 679 g/mol. The number of carboxylic acid groups (broad SMARTS) is 1. The number of H-pyrrole nitrogens is 1. The molecule has 316 valence electrons. The maximum absolute atomic E-state index is 10.3. The van der Waals surface area contributed by atoms with Crippen LogP contribution in [0.15, 0.2) is 54.8 Å². The van der Waals surface area contributed by atoms with Gasteiger partial charge in [-0.15, -0.1) is 0 Å². The van der Waals surface area contributed by atoms with Gasteiger partial charge < -0.3 is 16.2 Å². The van der Waals surface area contributed by atoms with E-state index in [4.69, 9.17) is 10.8 Å². The van der Waals surface area contributed by atoms with Crippen LogP contribution < -0.4 is 11.1 Å². The number of aromatic nitrogens is 3. The number of nitrogens with two attached hydrogens (primary N) is 1. The fourth-order valence-corrected chi connectivity index (χ4v) is 6.39. The molecule has 0 amide bonds. The maximum atomic E-state index is 10.3. The summed E-state index contributed by atoms with van der Waals surface area (Å²) in [5.74, 6) is -0.664. The monoisotopic (exact) mass is 766 g/mol. The number of carbonyl (C=O) groups is 1. The van der Waals surface area contributed by atoms with Gasteiger partial charge in [-0.1, -0.05) is 172 Å². The van der Waals surface area contributed by atoms with Gasteiger partial charge in [-0.25, -0.2) is 0 Å². The smallest absolute Gasteiger partial charge is 0.303 e. The number of aryl methyl sites for hydroxylation is 1. The minimum absolute atomic E-state index is 0.332. The summed E-state index contributed by atoms with van der Waals surface area (Å²) in [6.45, 7) is 9.66. The largest absolute Gasteiger partial charge is 0.481 e. The van der Waals surface area contributed by atoms with Gasteiger partial charge in [-0.2, -0.15) is 15.4 Å². The summed E-state index contributed by atoms with van der Waals surface area (Å²) in [6.07, 6.45) is 48.2. The van der Waals surface area contributed by atoms with Crippen LogP contribution in [-0.4, -0.2) is 46.1 Å². The van der Waals surface area contributed by atoms with Gasteiger partial charge in [0.1, 0.15) is 5.69 Å². The van der Waals surface area contributed by atoms with E-state index in [0.717, 1.165) is 43.6 Å². The molecule has 0 fully saturated rings. The van der Waals surface area contributed by atoms with Crippen molar-refractivity contribution in [1.29, 1.82) is 0 Å². The molecule has 2 aromatic rings. The Bertz CT molecular complexity index is 1100. The van der Waals surface area contributed by atoms with E-state index < -0.39 is 5.97 Å². The van der Waals surface area contributed by atoms with E-state index in [2.05, 4.69) is 71.9 Å². The van der Waals surface area contributed by atoms with Crippen molar-refractivity contribution in [1.82, 2.24) is 20.7 Å². The van der Waals surface area contributed by atoms with Crippen LogP contribution in [-0.2, 0) is 4.79 Å². The van der Waals surface area contributed by atoms with Crippen LogP contribution in [0.4, 0.5) is 0 Å². The Kier molecular flexibility index (Phi) is 41.7. The molecule has 1 aromatic carbocycles. The Morgan fingerprint density at radius 3 is 1.51 bits per heavy atom. The first-order valence-electron chi connectivity index (χ1n) is 22.9. The van der Waals surface area contributed by atoms with E-state index in [1.54, 1.807) is 6.20 Å². The van der Waals surface area contributed by atoms with Crippen LogP contribution in [0.1, 0.15) is 206 Å². The predicted octanol–water partition coefficient (Wildman–Crippen LogP) is 13.9. The number of aliphatic carboxylic acids is 1. The lowest BCUT2D eigenvalue weighted by molar-refractivity contribution is -0.137. The van der Waals surface area contributed by atoms with Crippen molar-refractivity contribution in [3.8, 4) is 11.3 Å². The van der Waals surface area contributed by atoms with Crippen molar-refractivity contribution in [3.05, 3.63) is 60.3 Å². The lowest BCUT2D eigenvalue weighted by Crippen LogP contribution is -2.19. The fourth-order valence-electron chi connectivity index (χ4n) is 6.39. The molecule has 55 heavy (non-hydrogen) atoms. The number of benzene rings is 1. The highest BCUT2D eigenvalue weighted by Gasteiger charge is 2.02. The predicted molar refractivity (Wildman–Crippen MR) is 240 cm³/mol. The average molecular weight is 766 g/mol. The molecule has 1 heterocycles. The number of allylic oxidation sites excluding steroid dienone is 4. The molecule has 0 saturated carbocycles. The first-order valence-corrected chi connectivity index (χ1v) is 22.9. The van der Waals surface area contributed by atoms with Crippen molar-refractivity contribution in [2.45, 2.75) is 207 Å². The Hall–Kier alpha value is -2.77. The number of nitrogens with one attached hydrogen (secondary N) is 2. The number of hydrogen-bond acceptors (Lipinski definition) is 5. The van der Waals surface area contributed by atoms with Gasteiger partial charge in [0.2, 0.25) is 0 Å². The maximum Gasteiger partial charge on any atom is 0.303 e. The van der Waals surface area contributed by atoms with Gasteiger partial charge in [0, 0.05) is 12.0 Å². The minimum Gasteiger partial charge on any atom is -0.481 e. The number of aromatic amines is 1. The highest BCUT2D eigenvalue weighted by atomic mass is 16.4. The lowest BCUT2D eigenvalue weighted by atomic mass is 10.1. The van der Waals surface area contributed by atoms with Crippen LogP contribution in [0.2, 0.25) is 0 Å². The first kappa shape index (κ1) is 52.2. The van der Waals surface area contributed by atoms with E-state index in [-0.39, 0.29) is 0 Å². The second kappa shape index (κ2) is 44.0. The van der Waals surface area contributed by atoms with Gasteiger partial charge in [-0.3, -0.25) is 4.79 Å². The van der Waals surface area contributed by atoms with Gasteiger partial charge >= 0.3 is 5.97 Å². The van der Waals surface area contributed by atoms with Crippen molar-refractivity contribution < 1.29 is 9.90 Å². The highest BCUT2D eigenvalue weighted by Crippen LogP contribution is 2.19. The van der Waals surface area contributed by atoms with E-state index in [9.17, 15) is 4.79 Å². The topological polar surface area (TPSA) is 117 Å². The summed E-state index contributed by atoms with van der Waals surface area (Å²) in [5.41, 5.74) is 8.70. The summed E-state index contributed by atoms with van der Waals surface area (Å²) >= 11 is 0. The van der Waals surface area contributed by atoms with Crippen molar-refractivity contribution >= 4 is 5.97 Å². The van der Waals surface area contributed by atoms with Crippen LogP contribution in [0.25, 0.3) is 11.3 Å². The number of hydrogen-bond donors (Lipinski definition) is 4.